The minimum Gasteiger partial charge on any atom is -0.497 e. The zero-order chi connectivity index (χ0) is 28.2. The molecule has 0 atom stereocenters. The number of hydrogen-bond donors (Lipinski definition) is 0. The lowest BCUT2D eigenvalue weighted by Gasteiger charge is -2.25. The standard InChI is InChI=1S/C37H25N3O/c1-38-36-34-14-8-7-13-32(34)33-15-9-10-27(35(33)37(36)39-2)19-16-26-17-20-29(21-18-26)40(28-11-5-4-6-12-28)30-22-24-31(41-3)25-23-30/h4-25H,3H3. The Balaban J connectivity index is 1.39. The molecule has 6 aromatic carbocycles. The molecular weight excluding hydrogens is 502 g/mol. The van der Waals surface area contributed by atoms with Gasteiger partial charge in [-0.1, -0.05) is 84.9 Å². The average Bonchev–Trinajstić information content (AvgIpc) is 3.04. The predicted octanol–water partition coefficient (Wildman–Crippen LogP) is 10.7. The third kappa shape index (κ3) is 4.76. The number of rotatable bonds is 6. The number of anilines is 3. The van der Waals surface area contributed by atoms with Gasteiger partial charge in [0.2, 0.25) is 11.4 Å². The predicted molar refractivity (Wildman–Crippen MR) is 171 cm³/mol. The molecule has 0 aliphatic carbocycles. The van der Waals surface area contributed by atoms with E-state index in [-0.39, 0.29) is 0 Å². The molecule has 0 bridgehead atoms. The van der Waals surface area contributed by atoms with Gasteiger partial charge in [-0.05, 0) is 81.2 Å². The lowest BCUT2D eigenvalue weighted by atomic mass is 9.94. The lowest BCUT2D eigenvalue weighted by Crippen LogP contribution is -2.09. The Labute approximate surface area is 239 Å². The number of ether oxygens (including phenoxy) is 1. The van der Waals surface area contributed by atoms with E-state index in [0.717, 1.165) is 55.5 Å². The molecule has 0 N–H and O–H groups in total. The van der Waals surface area contributed by atoms with Gasteiger partial charge in [-0.2, -0.15) is 0 Å². The second-order valence-corrected chi connectivity index (χ2v) is 9.53. The molecule has 6 aromatic rings. The molecule has 0 aromatic heterocycles. The van der Waals surface area contributed by atoms with Crippen LogP contribution in [-0.4, -0.2) is 7.11 Å². The molecule has 4 heteroatoms. The van der Waals surface area contributed by atoms with Crippen LogP contribution in [0.3, 0.4) is 0 Å². The van der Waals surface area contributed by atoms with Crippen molar-refractivity contribution in [2.45, 2.75) is 0 Å². The van der Waals surface area contributed by atoms with Crippen molar-refractivity contribution in [1.82, 2.24) is 0 Å². The van der Waals surface area contributed by atoms with Crippen LogP contribution < -0.4 is 9.64 Å². The molecule has 0 aliphatic rings. The molecule has 41 heavy (non-hydrogen) atoms. The van der Waals surface area contributed by atoms with Gasteiger partial charge < -0.3 is 9.64 Å². The molecule has 0 aliphatic heterocycles. The molecule has 6 rings (SSSR count). The maximum absolute atomic E-state index is 7.91. The third-order valence-electron chi connectivity index (χ3n) is 7.21. The van der Waals surface area contributed by atoms with Crippen LogP contribution in [0.1, 0.15) is 11.1 Å². The average molecular weight is 528 g/mol. The van der Waals surface area contributed by atoms with Crippen LogP contribution in [0, 0.1) is 13.1 Å². The Bertz CT molecular complexity index is 1980. The Kier molecular flexibility index (Phi) is 6.89. The number of benzene rings is 6. The maximum Gasteiger partial charge on any atom is 0.203 e. The van der Waals surface area contributed by atoms with E-state index in [0.29, 0.717) is 11.4 Å². The summed E-state index contributed by atoms with van der Waals surface area (Å²) in [7, 11) is 1.67. The van der Waals surface area contributed by atoms with Crippen LogP contribution in [-0.2, 0) is 0 Å². The molecule has 194 valence electrons. The van der Waals surface area contributed by atoms with Gasteiger partial charge in [0.15, 0.2) is 0 Å². The summed E-state index contributed by atoms with van der Waals surface area (Å²) in [5, 5.41) is 3.60. The first kappa shape index (κ1) is 25.4. The topological polar surface area (TPSA) is 21.2 Å². The summed E-state index contributed by atoms with van der Waals surface area (Å²) >= 11 is 0. The summed E-state index contributed by atoms with van der Waals surface area (Å²) in [5.74, 6) is 0.813. The van der Waals surface area contributed by atoms with Crippen molar-refractivity contribution in [3.8, 4) is 5.75 Å². The molecule has 0 radical (unpaired) electrons. The fourth-order valence-electron chi connectivity index (χ4n) is 5.27. The smallest absolute Gasteiger partial charge is 0.203 e. The van der Waals surface area contributed by atoms with Gasteiger partial charge in [-0.15, -0.1) is 0 Å². The second-order valence-electron chi connectivity index (χ2n) is 9.53. The van der Waals surface area contributed by atoms with Crippen molar-refractivity contribution >= 4 is 62.1 Å². The summed E-state index contributed by atoms with van der Waals surface area (Å²) in [6, 6.07) is 40.6. The quantitative estimate of drug-likeness (QED) is 0.122. The van der Waals surface area contributed by atoms with E-state index in [9.17, 15) is 0 Å². The Morgan fingerprint density at radius 3 is 1.80 bits per heavy atom. The van der Waals surface area contributed by atoms with Gasteiger partial charge in [0.1, 0.15) is 5.75 Å². The van der Waals surface area contributed by atoms with E-state index in [2.05, 4.69) is 69.2 Å². The normalized spacial score (nSPS) is 10.9. The third-order valence-corrected chi connectivity index (χ3v) is 7.21. The largest absolute Gasteiger partial charge is 0.497 e. The molecule has 0 unspecified atom stereocenters. The Morgan fingerprint density at radius 2 is 1.15 bits per heavy atom. The lowest BCUT2D eigenvalue weighted by molar-refractivity contribution is 0.415. The van der Waals surface area contributed by atoms with Gasteiger partial charge in [-0.3, -0.25) is 0 Å². The van der Waals surface area contributed by atoms with E-state index < -0.39 is 0 Å². The van der Waals surface area contributed by atoms with Crippen LogP contribution in [0.2, 0.25) is 0 Å². The van der Waals surface area contributed by atoms with Gasteiger partial charge in [0.05, 0.1) is 20.3 Å². The van der Waals surface area contributed by atoms with Crippen molar-refractivity contribution in [2.24, 2.45) is 0 Å². The van der Waals surface area contributed by atoms with Crippen molar-refractivity contribution < 1.29 is 4.74 Å². The van der Waals surface area contributed by atoms with Crippen LogP contribution >= 0.6 is 0 Å². The van der Waals surface area contributed by atoms with Crippen molar-refractivity contribution in [3.05, 3.63) is 155 Å². The highest BCUT2D eigenvalue weighted by atomic mass is 16.5. The van der Waals surface area contributed by atoms with Crippen molar-refractivity contribution in [2.75, 3.05) is 12.0 Å². The number of hydrogen-bond acceptors (Lipinski definition) is 2. The van der Waals surface area contributed by atoms with E-state index in [4.69, 9.17) is 17.9 Å². The van der Waals surface area contributed by atoms with E-state index in [1.165, 1.54) is 0 Å². The zero-order valence-corrected chi connectivity index (χ0v) is 22.5. The van der Waals surface area contributed by atoms with Gasteiger partial charge in [-0.25, -0.2) is 9.69 Å². The van der Waals surface area contributed by atoms with Gasteiger partial charge in [0, 0.05) is 17.1 Å². The summed E-state index contributed by atoms with van der Waals surface area (Å²) in [6.07, 6.45) is 4.09. The second kappa shape index (κ2) is 11.1. The van der Waals surface area contributed by atoms with Gasteiger partial charge >= 0.3 is 0 Å². The van der Waals surface area contributed by atoms with E-state index in [1.807, 2.05) is 78.9 Å². The summed E-state index contributed by atoms with van der Waals surface area (Å²) in [5.41, 5.74) is 5.89. The zero-order valence-electron chi connectivity index (χ0n) is 22.5. The number of para-hydroxylation sites is 1. The highest BCUT2D eigenvalue weighted by Crippen LogP contribution is 2.45. The maximum atomic E-state index is 7.91. The molecule has 0 amide bonds. The van der Waals surface area contributed by atoms with Crippen LogP contribution in [0.15, 0.2) is 121 Å². The number of nitrogens with zero attached hydrogens (tertiary/aromatic N) is 3. The van der Waals surface area contributed by atoms with Crippen LogP contribution in [0.25, 0.3) is 43.4 Å². The minimum atomic E-state index is 0.405. The van der Waals surface area contributed by atoms with Crippen molar-refractivity contribution in [3.63, 3.8) is 0 Å². The summed E-state index contributed by atoms with van der Waals surface area (Å²) in [6.45, 7) is 15.7. The Hall–Kier alpha value is -5.84. The molecule has 4 nitrogen and oxygen atoms in total. The first-order chi connectivity index (χ1) is 20.2. The number of fused-ring (bicyclic) bond motifs is 3. The first-order valence-corrected chi connectivity index (χ1v) is 13.2. The molecular formula is C37H25N3O. The molecule has 0 spiro atoms. The molecule has 0 fully saturated rings. The molecule has 0 saturated carbocycles. The molecule has 0 saturated heterocycles. The highest BCUT2D eigenvalue weighted by Gasteiger charge is 2.16. The fourth-order valence-corrected chi connectivity index (χ4v) is 5.27. The van der Waals surface area contributed by atoms with Crippen molar-refractivity contribution in [1.29, 1.82) is 0 Å². The fraction of sp³-hybridized carbons (Fsp3) is 0.0270. The summed E-state index contributed by atoms with van der Waals surface area (Å²) < 4.78 is 5.36. The van der Waals surface area contributed by atoms with E-state index in [1.54, 1.807) is 7.11 Å². The summed E-state index contributed by atoms with van der Waals surface area (Å²) in [4.78, 5) is 9.79. The van der Waals surface area contributed by atoms with Crippen LogP contribution in [0.4, 0.5) is 28.4 Å². The number of methoxy groups -OCH3 is 1. The molecule has 0 heterocycles. The van der Waals surface area contributed by atoms with Crippen LogP contribution in [0.5, 0.6) is 5.75 Å². The SMILES string of the molecule is [C-]#[N+]c1c([N+]#[C-])c2c(C=Cc3ccc(N(c4ccccc4)c4ccc(OC)cc4)cc3)cccc2c2ccccc12. The Morgan fingerprint density at radius 1 is 0.561 bits per heavy atom. The monoisotopic (exact) mass is 527 g/mol. The first-order valence-electron chi connectivity index (χ1n) is 13.2. The van der Waals surface area contributed by atoms with E-state index >= 15 is 0 Å². The minimum absolute atomic E-state index is 0.405. The highest BCUT2D eigenvalue weighted by molar-refractivity contribution is 6.22. The van der Waals surface area contributed by atoms with Gasteiger partial charge in [0.25, 0.3) is 0 Å².